The Bertz CT molecular complexity index is 566. The van der Waals surface area contributed by atoms with Crippen molar-refractivity contribution in [1.82, 2.24) is 0 Å². The fourth-order valence-electron chi connectivity index (χ4n) is 2.34. The molecular weight excluding hydrogens is 352 g/mol. The van der Waals surface area contributed by atoms with Crippen molar-refractivity contribution >= 4 is 28.3 Å². The fourth-order valence-corrected chi connectivity index (χ4v) is 2.97. The van der Waals surface area contributed by atoms with Crippen molar-refractivity contribution in [3.8, 4) is 0 Å². The number of nitrogens with one attached hydrogen (secondary N) is 1. The molecule has 2 aromatic rings. The lowest BCUT2D eigenvalue weighted by molar-refractivity contribution is 0.626. The number of halogens is 2. The van der Waals surface area contributed by atoms with Gasteiger partial charge in [-0.2, -0.15) is 0 Å². The third-order valence-corrected chi connectivity index (χ3v) is 4.39. The molecule has 2 aromatic carbocycles. The molecule has 0 aliphatic heterocycles. The van der Waals surface area contributed by atoms with E-state index >= 15 is 0 Å². The molecule has 3 heteroatoms. The summed E-state index contributed by atoms with van der Waals surface area (Å²) in [5.41, 5.74) is 2.33. The number of anilines is 1. The second-order valence-electron chi connectivity index (χ2n) is 4.99. The van der Waals surface area contributed by atoms with Gasteiger partial charge in [-0.3, -0.25) is 0 Å². The molecule has 0 heterocycles. The summed E-state index contributed by atoms with van der Waals surface area (Å²) in [6.07, 6.45) is 2.54. The van der Waals surface area contributed by atoms with Crippen LogP contribution < -0.4 is 5.32 Å². The van der Waals surface area contributed by atoms with Crippen LogP contribution in [-0.2, 0) is 0 Å². The molecule has 0 saturated heterocycles. The lowest BCUT2D eigenvalue weighted by Crippen LogP contribution is -2.13. The highest BCUT2D eigenvalue weighted by Gasteiger charge is 2.32. The van der Waals surface area contributed by atoms with E-state index in [1.54, 1.807) is 6.07 Å². The van der Waals surface area contributed by atoms with Crippen molar-refractivity contribution in [3.63, 3.8) is 0 Å². The summed E-state index contributed by atoms with van der Waals surface area (Å²) in [4.78, 5) is 0. The molecular formula is C16H15FIN. The Labute approximate surface area is 126 Å². The van der Waals surface area contributed by atoms with Gasteiger partial charge < -0.3 is 5.32 Å². The summed E-state index contributed by atoms with van der Waals surface area (Å²) < 4.78 is 14.1. The molecule has 1 nitrogen and oxygen atoms in total. The molecule has 0 spiro atoms. The van der Waals surface area contributed by atoms with Crippen LogP contribution >= 0.6 is 22.6 Å². The van der Waals surface area contributed by atoms with Gasteiger partial charge in [-0.1, -0.05) is 30.3 Å². The Hall–Kier alpha value is -1.10. The summed E-state index contributed by atoms with van der Waals surface area (Å²) in [5, 5.41) is 3.58. The summed E-state index contributed by atoms with van der Waals surface area (Å²) in [6, 6.07) is 15.7. The zero-order valence-corrected chi connectivity index (χ0v) is 12.6. The zero-order valence-electron chi connectivity index (χ0n) is 10.4. The Balaban J connectivity index is 1.86. The van der Waals surface area contributed by atoms with Crippen LogP contribution in [0.1, 0.15) is 24.4 Å². The first kappa shape index (κ1) is 12.9. The molecule has 1 unspecified atom stereocenters. The predicted molar refractivity (Wildman–Crippen MR) is 84.6 cm³/mol. The van der Waals surface area contributed by atoms with Crippen molar-refractivity contribution in [3.05, 3.63) is 63.5 Å². The zero-order chi connectivity index (χ0) is 13.2. The lowest BCUT2D eigenvalue weighted by Gasteiger charge is -2.21. The van der Waals surface area contributed by atoms with Gasteiger partial charge in [0.05, 0.1) is 6.04 Å². The Kier molecular flexibility index (Phi) is 3.73. The standard InChI is InChI=1S/C16H15FIN/c17-13-8-9-15(14(18)10-13)19-16(12-6-7-12)11-4-2-1-3-5-11/h1-5,8-10,12,16,19H,6-7H2. The Morgan fingerprint density at radius 2 is 1.84 bits per heavy atom. The van der Waals surface area contributed by atoms with Crippen molar-refractivity contribution in [2.75, 3.05) is 5.32 Å². The Morgan fingerprint density at radius 3 is 2.47 bits per heavy atom. The normalized spacial score (nSPS) is 16.1. The first-order valence-corrected chi connectivity index (χ1v) is 7.58. The van der Waals surface area contributed by atoms with Crippen LogP contribution in [0.25, 0.3) is 0 Å². The monoisotopic (exact) mass is 367 g/mol. The van der Waals surface area contributed by atoms with Gasteiger partial charge in [0, 0.05) is 9.26 Å². The molecule has 1 saturated carbocycles. The molecule has 1 aliphatic rings. The molecule has 1 atom stereocenters. The van der Waals surface area contributed by atoms with E-state index < -0.39 is 0 Å². The van der Waals surface area contributed by atoms with Gasteiger partial charge in [-0.05, 0) is 65.1 Å². The average Bonchev–Trinajstić information content (AvgIpc) is 3.23. The highest BCUT2D eigenvalue weighted by Crippen LogP contribution is 2.43. The summed E-state index contributed by atoms with van der Waals surface area (Å²) in [6.45, 7) is 0. The van der Waals surface area contributed by atoms with Crippen LogP contribution in [0.2, 0.25) is 0 Å². The molecule has 1 aliphatic carbocycles. The van der Waals surface area contributed by atoms with Gasteiger partial charge in [0.1, 0.15) is 5.82 Å². The smallest absolute Gasteiger partial charge is 0.124 e. The van der Waals surface area contributed by atoms with E-state index in [0.29, 0.717) is 12.0 Å². The minimum atomic E-state index is -0.183. The minimum absolute atomic E-state index is 0.183. The van der Waals surface area contributed by atoms with E-state index in [4.69, 9.17) is 0 Å². The van der Waals surface area contributed by atoms with E-state index in [9.17, 15) is 4.39 Å². The molecule has 98 valence electrons. The van der Waals surface area contributed by atoms with E-state index in [0.717, 1.165) is 9.26 Å². The van der Waals surface area contributed by atoms with Gasteiger partial charge in [0.15, 0.2) is 0 Å². The van der Waals surface area contributed by atoms with Crippen molar-refractivity contribution in [2.45, 2.75) is 18.9 Å². The highest BCUT2D eigenvalue weighted by atomic mass is 127. The predicted octanol–water partition coefficient (Wildman–Crippen LogP) is 4.99. The van der Waals surface area contributed by atoms with E-state index in [1.807, 2.05) is 12.1 Å². The van der Waals surface area contributed by atoms with Gasteiger partial charge in [-0.25, -0.2) is 4.39 Å². The largest absolute Gasteiger partial charge is 0.377 e. The molecule has 19 heavy (non-hydrogen) atoms. The first-order valence-electron chi connectivity index (χ1n) is 6.50. The maximum Gasteiger partial charge on any atom is 0.124 e. The minimum Gasteiger partial charge on any atom is -0.377 e. The third-order valence-electron chi connectivity index (χ3n) is 3.49. The molecule has 3 rings (SSSR count). The van der Waals surface area contributed by atoms with E-state index in [-0.39, 0.29) is 5.82 Å². The number of hydrogen-bond acceptors (Lipinski definition) is 1. The highest BCUT2D eigenvalue weighted by molar-refractivity contribution is 14.1. The average molecular weight is 367 g/mol. The molecule has 1 fully saturated rings. The number of benzene rings is 2. The van der Waals surface area contributed by atoms with E-state index in [2.05, 4.69) is 52.2 Å². The fraction of sp³-hybridized carbons (Fsp3) is 0.250. The lowest BCUT2D eigenvalue weighted by atomic mass is 10.0. The van der Waals surface area contributed by atoms with Crippen LogP contribution in [0.5, 0.6) is 0 Å². The topological polar surface area (TPSA) is 12.0 Å². The quantitative estimate of drug-likeness (QED) is 0.751. The molecule has 0 bridgehead atoms. The second kappa shape index (κ2) is 5.49. The van der Waals surface area contributed by atoms with Crippen molar-refractivity contribution in [2.24, 2.45) is 5.92 Å². The van der Waals surface area contributed by atoms with Crippen LogP contribution in [-0.4, -0.2) is 0 Å². The van der Waals surface area contributed by atoms with Gasteiger partial charge in [-0.15, -0.1) is 0 Å². The number of rotatable bonds is 4. The van der Waals surface area contributed by atoms with Crippen LogP contribution in [0.4, 0.5) is 10.1 Å². The van der Waals surface area contributed by atoms with E-state index in [1.165, 1.54) is 24.5 Å². The van der Waals surface area contributed by atoms with Gasteiger partial charge >= 0.3 is 0 Å². The van der Waals surface area contributed by atoms with Crippen molar-refractivity contribution in [1.29, 1.82) is 0 Å². The summed E-state index contributed by atoms with van der Waals surface area (Å²) in [7, 11) is 0. The van der Waals surface area contributed by atoms with Gasteiger partial charge in [0.2, 0.25) is 0 Å². The Morgan fingerprint density at radius 1 is 1.11 bits per heavy atom. The maximum absolute atomic E-state index is 13.1. The third kappa shape index (κ3) is 3.08. The molecule has 0 radical (unpaired) electrons. The van der Waals surface area contributed by atoms with Crippen LogP contribution in [0.3, 0.4) is 0 Å². The molecule has 1 N–H and O–H groups in total. The van der Waals surface area contributed by atoms with Gasteiger partial charge in [0.25, 0.3) is 0 Å². The maximum atomic E-state index is 13.1. The molecule has 0 aromatic heterocycles. The SMILES string of the molecule is Fc1ccc(NC(c2ccccc2)C2CC2)c(I)c1. The van der Waals surface area contributed by atoms with Crippen LogP contribution in [0.15, 0.2) is 48.5 Å². The van der Waals surface area contributed by atoms with Crippen LogP contribution in [0, 0.1) is 15.3 Å². The van der Waals surface area contributed by atoms with Crippen molar-refractivity contribution < 1.29 is 4.39 Å². The number of hydrogen-bond donors (Lipinski definition) is 1. The summed E-state index contributed by atoms with van der Waals surface area (Å²) >= 11 is 2.18. The first-order chi connectivity index (χ1) is 9.24. The summed E-state index contributed by atoms with van der Waals surface area (Å²) in [5.74, 6) is 0.515. The molecule has 0 amide bonds. The second-order valence-corrected chi connectivity index (χ2v) is 6.16.